The summed E-state index contributed by atoms with van der Waals surface area (Å²) >= 11 is 0. The molecule has 21 heavy (non-hydrogen) atoms. The summed E-state index contributed by atoms with van der Waals surface area (Å²) in [6.45, 7) is 4.74. The number of aryl methyl sites for hydroxylation is 1. The fraction of sp³-hybridized carbons (Fsp3) is 0.500. The lowest BCUT2D eigenvalue weighted by Crippen LogP contribution is -2.42. The average Bonchev–Trinajstić information content (AvgIpc) is 2.78. The number of nitrogens with zero attached hydrogens (tertiary/aromatic N) is 1. The quantitative estimate of drug-likeness (QED) is 0.917. The van der Waals surface area contributed by atoms with E-state index in [9.17, 15) is 4.79 Å². The summed E-state index contributed by atoms with van der Waals surface area (Å²) in [5, 5.41) is 4.44. The smallest absolute Gasteiger partial charge is 0.240 e. The van der Waals surface area contributed by atoms with Crippen LogP contribution in [0, 0.1) is 12.8 Å². The van der Waals surface area contributed by atoms with Crippen molar-refractivity contribution in [2.24, 2.45) is 5.92 Å². The molecule has 0 aliphatic heterocycles. The lowest BCUT2D eigenvalue weighted by Gasteiger charge is -2.29. The molecule has 0 saturated heterocycles. The van der Waals surface area contributed by atoms with Gasteiger partial charge in [0.05, 0.1) is 0 Å². The van der Waals surface area contributed by atoms with E-state index in [1.807, 2.05) is 12.1 Å². The van der Waals surface area contributed by atoms with Gasteiger partial charge in [-0.25, -0.2) is 0 Å². The molecule has 1 aromatic carbocycles. The van der Waals surface area contributed by atoms with Crippen molar-refractivity contribution < 1.29 is 4.79 Å². The molecule has 1 aliphatic carbocycles. The fourth-order valence-corrected chi connectivity index (χ4v) is 3.48. The monoisotopic (exact) mass is 284 g/mol. The minimum atomic E-state index is 0.137. The molecule has 1 N–H and O–H groups in total. The summed E-state index contributed by atoms with van der Waals surface area (Å²) in [5.41, 5.74) is 2.28. The van der Waals surface area contributed by atoms with Crippen LogP contribution >= 0.6 is 0 Å². The number of rotatable bonds is 3. The van der Waals surface area contributed by atoms with Crippen molar-refractivity contribution in [2.75, 3.05) is 0 Å². The Morgan fingerprint density at radius 3 is 2.86 bits per heavy atom. The van der Waals surface area contributed by atoms with Crippen LogP contribution in [0.4, 0.5) is 0 Å². The zero-order valence-electron chi connectivity index (χ0n) is 12.9. The molecule has 1 amide bonds. The number of carbonyl (C=O) groups is 1. The number of benzene rings is 1. The van der Waals surface area contributed by atoms with Gasteiger partial charge >= 0.3 is 0 Å². The second kappa shape index (κ2) is 5.92. The maximum absolute atomic E-state index is 12.4. The Kier molecular flexibility index (Phi) is 4.00. The van der Waals surface area contributed by atoms with E-state index in [1.165, 1.54) is 24.6 Å². The third-order valence-electron chi connectivity index (χ3n) is 4.78. The van der Waals surface area contributed by atoms with Gasteiger partial charge in [0.1, 0.15) is 6.54 Å². The van der Waals surface area contributed by atoms with E-state index in [-0.39, 0.29) is 5.91 Å². The van der Waals surface area contributed by atoms with E-state index in [2.05, 4.69) is 41.9 Å². The first-order chi connectivity index (χ1) is 10.1. The number of hydrogen-bond donors (Lipinski definition) is 1. The number of para-hydroxylation sites is 1. The third kappa shape index (κ3) is 2.97. The van der Waals surface area contributed by atoms with Gasteiger partial charge in [-0.1, -0.05) is 38.0 Å². The normalized spacial score (nSPS) is 22.4. The van der Waals surface area contributed by atoms with Crippen LogP contribution in [-0.2, 0) is 11.3 Å². The van der Waals surface area contributed by atoms with Gasteiger partial charge in [0.2, 0.25) is 5.91 Å². The lowest BCUT2D eigenvalue weighted by atomic mass is 9.86. The molecule has 1 saturated carbocycles. The van der Waals surface area contributed by atoms with Crippen molar-refractivity contribution in [3.63, 3.8) is 0 Å². The molecule has 3 heteroatoms. The van der Waals surface area contributed by atoms with Gasteiger partial charge in [0, 0.05) is 17.3 Å². The number of nitrogens with one attached hydrogen (secondary N) is 1. The molecule has 0 spiro atoms. The van der Waals surface area contributed by atoms with Crippen molar-refractivity contribution in [3.8, 4) is 0 Å². The van der Waals surface area contributed by atoms with Crippen LogP contribution in [0.1, 0.15) is 38.3 Å². The molecular weight excluding hydrogens is 260 g/mol. The molecule has 1 aromatic heterocycles. The zero-order valence-corrected chi connectivity index (χ0v) is 12.9. The Hall–Kier alpha value is -1.77. The van der Waals surface area contributed by atoms with E-state index < -0.39 is 0 Å². The van der Waals surface area contributed by atoms with E-state index in [4.69, 9.17) is 0 Å². The second-order valence-corrected chi connectivity index (χ2v) is 6.37. The standard InChI is InChI=1S/C18H24N2O/c1-13-7-3-5-9-16(13)19-18(21)12-20-14(2)11-15-8-4-6-10-17(15)20/h4,6,8,10-11,13,16H,3,5,7,9,12H2,1-2H3,(H,19,21)/t13-,16+/m0/s1. The Morgan fingerprint density at radius 1 is 1.29 bits per heavy atom. The molecule has 0 unspecified atom stereocenters. The first-order valence-corrected chi connectivity index (χ1v) is 7.99. The van der Waals surface area contributed by atoms with Crippen molar-refractivity contribution in [1.29, 1.82) is 0 Å². The molecule has 0 radical (unpaired) electrons. The molecule has 0 bridgehead atoms. The Bertz CT molecular complexity index is 644. The Balaban J connectivity index is 1.73. The number of fused-ring (bicyclic) bond motifs is 1. The first kappa shape index (κ1) is 14.2. The average molecular weight is 284 g/mol. The molecule has 1 fully saturated rings. The summed E-state index contributed by atoms with van der Waals surface area (Å²) in [6.07, 6.45) is 4.89. The summed E-state index contributed by atoms with van der Waals surface area (Å²) in [5.74, 6) is 0.739. The highest BCUT2D eigenvalue weighted by Gasteiger charge is 2.23. The van der Waals surface area contributed by atoms with Crippen LogP contribution in [-0.4, -0.2) is 16.5 Å². The number of hydrogen-bond acceptors (Lipinski definition) is 1. The van der Waals surface area contributed by atoms with Gasteiger partial charge in [-0.15, -0.1) is 0 Å². The van der Waals surface area contributed by atoms with Crippen molar-refractivity contribution in [1.82, 2.24) is 9.88 Å². The molecule has 3 nitrogen and oxygen atoms in total. The summed E-state index contributed by atoms with van der Waals surface area (Å²) in [4.78, 5) is 12.4. The number of aromatic nitrogens is 1. The predicted octanol–water partition coefficient (Wildman–Crippen LogP) is 3.64. The number of carbonyl (C=O) groups excluding carboxylic acids is 1. The summed E-state index contributed by atoms with van der Waals surface area (Å²) in [6, 6.07) is 10.7. The molecule has 2 atom stereocenters. The van der Waals surface area contributed by atoms with Gasteiger partial charge < -0.3 is 9.88 Å². The highest BCUT2D eigenvalue weighted by atomic mass is 16.2. The van der Waals surface area contributed by atoms with Gasteiger partial charge in [-0.05, 0) is 43.2 Å². The first-order valence-electron chi connectivity index (χ1n) is 7.99. The van der Waals surface area contributed by atoms with Crippen molar-refractivity contribution in [2.45, 2.75) is 52.1 Å². The molecule has 112 valence electrons. The molecule has 1 heterocycles. The van der Waals surface area contributed by atoms with Crippen LogP contribution in [0.2, 0.25) is 0 Å². The zero-order chi connectivity index (χ0) is 14.8. The fourth-order valence-electron chi connectivity index (χ4n) is 3.48. The SMILES string of the molecule is Cc1cc2ccccc2n1CC(=O)N[C@@H]1CCCC[C@@H]1C. The van der Waals surface area contributed by atoms with Crippen LogP contribution in [0.3, 0.4) is 0 Å². The molecule has 3 rings (SSSR count). The molecule has 1 aliphatic rings. The van der Waals surface area contributed by atoms with E-state index in [1.54, 1.807) is 0 Å². The molecule has 2 aromatic rings. The van der Waals surface area contributed by atoms with Crippen LogP contribution in [0.5, 0.6) is 0 Å². The van der Waals surface area contributed by atoms with Crippen molar-refractivity contribution in [3.05, 3.63) is 36.0 Å². The van der Waals surface area contributed by atoms with Gasteiger partial charge in [-0.3, -0.25) is 4.79 Å². The lowest BCUT2D eigenvalue weighted by molar-refractivity contribution is -0.122. The van der Waals surface area contributed by atoms with Crippen LogP contribution in [0.15, 0.2) is 30.3 Å². The van der Waals surface area contributed by atoms with E-state index in [0.717, 1.165) is 17.6 Å². The maximum atomic E-state index is 12.4. The predicted molar refractivity (Wildman–Crippen MR) is 86.2 cm³/mol. The molecular formula is C18H24N2O. The van der Waals surface area contributed by atoms with E-state index in [0.29, 0.717) is 18.5 Å². The number of amides is 1. The van der Waals surface area contributed by atoms with Crippen LogP contribution < -0.4 is 5.32 Å². The van der Waals surface area contributed by atoms with Gasteiger partial charge in [0.15, 0.2) is 0 Å². The highest BCUT2D eigenvalue weighted by Crippen LogP contribution is 2.24. The van der Waals surface area contributed by atoms with Gasteiger partial charge in [0.25, 0.3) is 0 Å². The maximum Gasteiger partial charge on any atom is 0.240 e. The third-order valence-corrected chi connectivity index (χ3v) is 4.78. The van der Waals surface area contributed by atoms with Crippen LogP contribution in [0.25, 0.3) is 10.9 Å². The summed E-state index contributed by atoms with van der Waals surface area (Å²) in [7, 11) is 0. The Labute approximate surface area is 126 Å². The minimum absolute atomic E-state index is 0.137. The van der Waals surface area contributed by atoms with E-state index >= 15 is 0 Å². The Morgan fingerprint density at radius 2 is 2.05 bits per heavy atom. The minimum Gasteiger partial charge on any atom is -0.352 e. The topological polar surface area (TPSA) is 34.0 Å². The highest BCUT2D eigenvalue weighted by molar-refractivity contribution is 5.84. The van der Waals surface area contributed by atoms with Crippen molar-refractivity contribution >= 4 is 16.8 Å². The largest absolute Gasteiger partial charge is 0.352 e. The van der Waals surface area contributed by atoms with Gasteiger partial charge in [-0.2, -0.15) is 0 Å². The summed E-state index contributed by atoms with van der Waals surface area (Å²) < 4.78 is 2.11. The second-order valence-electron chi connectivity index (χ2n) is 6.37.